The van der Waals surface area contributed by atoms with Crippen LogP contribution in [0, 0.1) is 6.92 Å². The first-order chi connectivity index (χ1) is 10.1. The van der Waals surface area contributed by atoms with E-state index in [1.807, 2.05) is 36.4 Å². The van der Waals surface area contributed by atoms with E-state index >= 15 is 0 Å². The molecule has 2 unspecified atom stereocenters. The van der Waals surface area contributed by atoms with E-state index < -0.39 is 0 Å². The van der Waals surface area contributed by atoms with Crippen LogP contribution in [0.4, 0.5) is 0 Å². The fourth-order valence-corrected chi connectivity index (χ4v) is 2.33. The SMILES string of the molecule is CCC(N)C(Oc1cccc(CO)c1)c1cccc(C)c1. The van der Waals surface area contributed by atoms with Crippen molar-refractivity contribution < 1.29 is 9.84 Å². The number of aliphatic hydroxyl groups is 1. The third-order valence-corrected chi connectivity index (χ3v) is 3.58. The fraction of sp³-hybridized carbons (Fsp3) is 0.333. The van der Waals surface area contributed by atoms with E-state index in [-0.39, 0.29) is 18.8 Å². The summed E-state index contributed by atoms with van der Waals surface area (Å²) in [6.45, 7) is 4.12. The summed E-state index contributed by atoms with van der Waals surface area (Å²) in [6, 6.07) is 15.6. The average Bonchev–Trinajstić information content (AvgIpc) is 2.52. The minimum atomic E-state index is -0.191. The van der Waals surface area contributed by atoms with Crippen molar-refractivity contribution in [2.45, 2.75) is 39.0 Å². The fourth-order valence-electron chi connectivity index (χ4n) is 2.33. The normalized spacial score (nSPS) is 13.7. The first-order valence-electron chi connectivity index (χ1n) is 7.32. The Morgan fingerprint density at radius 3 is 2.57 bits per heavy atom. The molecule has 2 rings (SSSR count). The number of ether oxygens (including phenoxy) is 1. The maximum Gasteiger partial charge on any atom is 0.139 e. The Morgan fingerprint density at radius 2 is 1.90 bits per heavy atom. The molecule has 21 heavy (non-hydrogen) atoms. The standard InChI is InChI=1S/C18H23NO2/c1-3-17(19)18(15-8-4-6-13(2)10-15)21-16-9-5-7-14(11-16)12-20/h4-11,17-18,20H,3,12,19H2,1-2H3. The largest absolute Gasteiger partial charge is 0.484 e. The maximum atomic E-state index is 9.22. The molecular formula is C18H23NO2. The molecule has 0 radical (unpaired) electrons. The first kappa shape index (κ1) is 15.5. The van der Waals surface area contributed by atoms with Gasteiger partial charge in [0.1, 0.15) is 11.9 Å². The van der Waals surface area contributed by atoms with E-state index in [0.29, 0.717) is 0 Å². The molecule has 0 spiro atoms. The Morgan fingerprint density at radius 1 is 1.14 bits per heavy atom. The average molecular weight is 285 g/mol. The van der Waals surface area contributed by atoms with Gasteiger partial charge in [0.25, 0.3) is 0 Å². The molecule has 2 aromatic carbocycles. The highest BCUT2D eigenvalue weighted by Crippen LogP contribution is 2.26. The highest BCUT2D eigenvalue weighted by Gasteiger charge is 2.20. The summed E-state index contributed by atoms with van der Waals surface area (Å²) in [5.74, 6) is 0.733. The molecule has 0 saturated carbocycles. The van der Waals surface area contributed by atoms with E-state index in [4.69, 9.17) is 10.5 Å². The summed E-state index contributed by atoms with van der Waals surface area (Å²) in [7, 11) is 0. The van der Waals surface area contributed by atoms with Crippen molar-refractivity contribution in [2.24, 2.45) is 5.73 Å². The Hall–Kier alpha value is -1.84. The van der Waals surface area contributed by atoms with Gasteiger partial charge in [-0.15, -0.1) is 0 Å². The monoisotopic (exact) mass is 285 g/mol. The molecule has 0 heterocycles. The number of hydrogen-bond donors (Lipinski definition) is 2. The molecular weight excluding hydrogens is 262 g/mol. The number of rotatable bonds is 6. The summed E-state index contributed by atoms with van der Waals surface area (Å²) in [4.78, 5) is 0. The van der Waals surface area contributed by atoms with E-state index in [1.54, 1.807) is 0 Å². The molecule has 2 aromatic rings. The number of benzene rings is 2. The first-order valence-corrected chi connectivity index (χ1v) is 7.32. The zero-order chi connectivity index (χ0) is 15.2. The van der Waals surface area contributed by atoms with Gasteiger partial charge in [-0.05, 0) is 36.6 Å². The zero-order valence-electron chi connectivity index (χ0n) is 12.6. The lowest BCUT2D eigenvalue weighted by atomic mass is 9.99. The summed E-state index contributed by atoms with van der Waals surface area (Å²) in [6.07, 6.45) is 0.641. The number of hydrogen-bond acceptors (Lipinski definition) is 3. The summed E-state index contributed by atoms with van der Waals surface area (Å²) >= 11 is 0. The second-order valence-electron chi connectivity index (χ2n) is 5.33. The van der Waals surface area contributed by atoms with Gasteiger partial charge in [0.15, 0.2) is 0 Å². The van der Waals surface area contributed by atoms with Crippen molar-refractivity contribution in [3.63, 3.8) is 0 Å². The number of aryl methyl sites for hydroxylation is 1. The van der Waals surface area contributed by atoms with Gasteiger partial charge < -0.3 is 15.6 Å². The molecule has 3 nitrogen and oxygen atoms in total. The highest BCUT2D eigenvalue weighted by atomic mass is 16.5. The van der Waals surface area contributed by atoms with E-state index in [0.717, 1.165) is 23.3 Å². The van der Waals surface area contributed by atoms with Crippen LogP contribution in [0.5, 0.6) is 5.75 Å². The van der Waals surface area contributed by atoms with Crippen LogP contribution in [-0.2, 0) is 6.61 Å². The van der Waals surface area contributed by atoms with Gasteiger partial charge in [-0.3, -0.25) is 0 Å². The molecule has 0 aliphatic carbocycles. The van der Waals surface area contributed by atoms with Crippen molar-refractivity contribution in [3.8, 4) is 5.75 Å². The van der Waals surface area contributed by atoms with Crippen molar-refractivity contribution >= 4 is 0 Å². The Bertz CT molecular complexity index is 583. The highest BCUT2D eigenvalue weighted by molar-refractivity contribution is 5.31. The van der Waals surface area contributed by atoms with Gasteiger partial charge in [-0.25, -0.2) is 0 Å². The number of nitrogens with two attached hydrogens (primary N) is 1. The van der Waals surface area contributed by atoms with Crippen molar-refractivity contribution in [3.05, 3.63) is 65.2 Å². The molecule has 0 aliphatic rings. The van der Waals surface area contributed by atoms with Gasteiger partial charge in [0.2, 0.25) is 0 Å². The molecule has 0 aromatic heterocycles. The molecule has 0 fully saturated rings. The van der Waals surface area contributed by atoms with Crippen LogP contribution in [0.1, 0.15) is 36.1 Å². The lowest BCUT2D eigenvalue weighted by molar-refractivity contribution is 0.170. The predicted molar refractivity (Wildman–Crippen MR) is 85.2 cm³/mol. The molecule has 2 atom stereocenters. The molecule has 3 N–H and O–H groups in total. The molecule has 0 bridgehead atoms. The van der Waals surface area contributed by atoms with Gasteiger partial charge in [0, 0.05) is 6.04 Å². The quantitative estimate of drug-likeness (QED) is 0.856. The lowest BCUT2D eigenvalue weighted by Crippen LogP contribution is -2.31. The number of aliphatic hydroxyl groups excluding tert-OH is 1. The lowest BCUT2D eigenvalue weighted by Gasteiger charge is -2.25. The second-order valence-corrected chi connectivity index (χ2v) is 5.33. The maximum absolute atomic E-state index is 9.22. The van der Waals surface area contributed by atoms with Crippen LogP contribution in [0.25, 0.3) is 0 Å². The van der Waals surface area contributed by atoms with Crippen LogP contribution in [0.3, 0.4) is 0 Å². The minimum Gasteiger partial charge on any atom is -0.484 e. The molecule has 0 amide bonds. The molecule has 0 saturated heterocycles. The molecule has 112 valence electrons. The van der Waals surface area contributed by atoms with E-state index in [1.165, 1.54) is 5.56 Å². The Kier molecular flexibility index (Phi) is 5.37. The Balaban J connectivity index is 2.28. The zero-order valence-corrected chi connectivity index (χ0v) is 12.6. The third kappa shape index (κ3) is 4.06. The minimum absolute atomic E-state index is 0.00609. The summed E-state index contributed by atoms with van der Waals surface area (Å²) in [5.41, 5.74) is 9.35. The molecule has 0 aliphatic heterocycles. The Labute approximate surface area is 126 Å². The topological polar surface area (TPSA) is 55.5 Å². The van der Waals surface area contributed by atoms with Crippen LogP contribution in [0.15, 0.2) is 48.5 Å². The second kappa shape index (κ2) is 7.25. The van der Waals surface area contributed by atoms with E-state index in [2.05, 4.69) is 26.0 Å². The van der Waals surface area contributed by atoms with Crippen LogP contribution in [0.2, 0.25) is 0 Å². The van der Waals surface area contributed by atoms with Crippen LogP contribution < -0.4 is 10.5 Å². The smallest absolute Gasteiger partial charge is 0.139 e. The van der Waals surface area contributed by atoms with Crippen molar-refractivity contribution in [1.29, 1.82) is 0 Å². The van der Waals surface area contributed by atoms with Gasteiger partial charge in [-0.1, -0.05) is 48.9 Å². The van der Waals surface area contributed by atoms with E-state index in [9.17, 15) is 5.11 Å². The summed E-state index contributed by atoms with van der Waals surface area (Å²) in [5, 5.41) is 9.22. The predicted octanol–water partition coefficient (Wildman–Crippen LogP) is 3.34. The van der Waals surface area contributed by atoms with Gasteiger partial charge in [-0.2, -0.15) is 0 Å². The van der Waals surface area contributed by atoms with Crippen LogP contribution in [-0.4, -0.2) is 11.1 Å². The van der Waals surface area contributed by atoms with Gasteiger partial charge >= 0.3 is 0 Å². The van der Waals surface area contributed by atoms with Crippen molar-refractivity contribution in [2.75, 3.05) is 0 Å². The molecule has 3 heteroatoms. The van der Waals surface area contributed by atoms with Gasteiger partial charge in [0.05, 0.1) is 6.61 Å². The van der Waals surface area contributed by atoms with Crippen molar-refractivity contribution in [1.82, 2.24) is 0 Å². The van der Waals surface area contributed by atoms with Crippen LogP contribution >= 0.6 is 0 Å². The third-order valence-electron chi connectivity index (χ3n) is 3.58. The summed E-state index contributed by atoms with van der Waals surface area (Å²) < 4.78 is 6.11.